The maximum absolute atomic E-state index is 13.8. The molecule has 0 radical (unpaired) electrons. The summed E-state index contributed by atoms with van der Waals surface area (Å²) >= 11 is 1.20. The van der Waals surface area contributed by atoms with Crippen LogP contribution < -0.4 is 5.73 Å². The quantitative estimate of drug-likeness (QED) is 0.857. The summed E-state index contributed by atoms with van der Waals surface area (Å²) in [5, 5.41) is 0.318. The van der Waals surface area contributed by atoms with Gasteiger partial charge in [0.1, 0.15) is 10.7 Å². The Kier molecular flexibility index (Phi) is 4.20. The lowest BCUT2D eigenvalue weighted by Crippen LogP contribution is -2.31. The van der Waals surface area contributed by atoms with Gasteiger partial charge in [0, 0.05) is 17.8 Å². The summed E-state index contributed by atoms with van der Waals surface area (Å²) in [7, 11) is 0. The highest BCUT2D eigenvalue weighted by molar-refractivity contribution is 7.21. The fourth-order valence-corrected chi connectivity index (χ4v) is 3.09. The molecule has 0 aliphatic heterocycles. The summed E-state index contributed by atoms with van der Waals surface area (Å²) in [5.74, 6) is -0.641. The highest BCUT2D eigenvalue weighted by Crippen LogP contribution is 2.35. The number of fused-ring (bicyclic) bond motifs is 1. The van der Waals surface area contributed by atoms with Gasteiger partial charge >= 0.3 is 0 Å². The summed E-state index contributed by atoms with van der Waals surface area (Å²) < 4.78 is 14.5. The van der Waals surface area contributed by atoms with Gasteiger partial charge in [0.15, 0.2) is 0 Å². The Morgan fingerprint density at radius 2 is 2.00 bits per heavy atom. The van der Waals surface area contributed by atoms with E-state index >= 15 is 0 Å². The molecule has 0 unspecified atom stereocenters. The van der Waals surface area contributed by atoms with Crippen molar-refractivity contribution in [2.45, 2.75) is 0 Å². The van der Waals surface area contributed by atoms with E-state index < -0.39 is 5.82 Å². The van der Waals surface area contributed by atoms with Gasteiger partial charge in [-0.3, -0.25) is 4.79 Å². The Hall–Kier alpha value is -2.14. The lowest BCUT2D eigenvalue weighted by Gasteiger charge is -2.18. The molecule has 1 heterocycles. The number of carbonyl (C=O) groups is 1. The number of nitrogen functional groups attached to an aromatic ring is 1. The Morgan fingerprint density at radius 1 is 1.35 bits per heavy atom. The van der Waals surface area contributed by atoms with E-state index in [1.54, 1.807) is 29.2 Å². The summed E-state index contributed by atoms with van der Waals surface area (Å²) in [6, 6.07) is 4.69. The van der Waals surface area contributed by atoms with E-state index in [4.69, 9.17) is 5.73 Å². The van der Waals surface area contributed by atoms with Gasteiger partial charge in [-0.05, 0) is 12.1 Å². The van der Waals surface area contributed by atoms with Crippen molar-refractivity contribution in [3.05, 3.63) is 54.2 Å². The highest BCUT2D eigenvalue weighted by atomic mass is 32.1. The van der Waals surface area contributed by atoms with Gasteiger partial charge in [-0.25, -0.2) is 4.39 Å². The van der Waals surface area contributed by atoms with Gasteiger partial charge in [-0.1, -0.05) is 18.2 Å². The van der Waals surface area contributed by atoms with Crippen molar-refractivity contribution in [2.75, 3.05) is 18.8 Å². The van der Waals surface area contributed by atoms with Crippen LogP contribution in [0, 0.1) is 5.82 Å². The third kappa shape index (κ3) is 2.44. The molecule has 1 aromatic carbocycles. The van der Waals surface area contributed by atoms with E-state index in [9.17, 15) is 9.18 Å². The van der Waals surface area contributed by atoms with Crippen molar-refractivity contribution in [3.8, 4) is 0 Å². The summed E-state index contributed by atoms with van der Waals surface area (Å²) in [6.07, 6.45) is 3.26. The number of nitrogens with zero attached hydrogens (tertiary/aromatic N) is 1. The van der Waals surface area contributed by atoms with Crippen molar-refractivity contribution in [1.82, 2.24) is 4.90 Å². The first-order valence-corrected chi connectivity index (χ1v) is 6.89. The molecule has 1 amide bonds. The number of amides is 1. The molecule has 0 aliphatic carbocycles. The van der Waals surface area contributed by atoms with E-state index in [1.165, 1.54) is 17.4 Å². The van der Waals surface area contributed by atoms with Crippen LogP contribution in [0.15, 0.2) is 43.5 Å². The van der Waals surface area contributed by atoms with Crippen LogP contribution in [0.1, 0.15) is 9.67 Å². The number of rotatable bonds is 5. The average molecular weight is 290 g/mol. The number of halogens is 1. The standard InChI is InChI=1S/C15H15FN2OS/c1-3-8-18(9-4-2)15(19)14-13(17)12-10(16)6-5-7-11(12)20-14/h3-7H,1-2,8-9,17H2. The highest BCUT2D eigenvalue weighted by Gasteiger charge is 2.22. The molecule has 0 bridgehead atoms. The predicted molar refractivity (Wildman–Crippen MR) is 82.5 cm³/mol. The summed E-state index contributed by atoms with van der Waals surface area (Å²) in [6.45, 7) is 8.02. The average Bonchev–Trinajstić information content (AvgIpc) is 2.76. The number of thiophene rings is 1. The molecular weight excluding hydrogens is 275 g/mol. The van der Waals surface area contributed by atoms with Crippen LogP contribution in [0.2, 0.25) is 0 Å². The molecule has 0 atom stereocenters. The van der Waals surface area contributed by atoms with Crippen LogP contribution >= 0.6 is 11.3 Å². The lowest BCUT2D eigenvalue weighted by atomic mass is 10.2. The van der Waals surface area contributed by atoms with Crippen LogP contribution in [-0.2, 0) is 0 Å². The minimum Gasteiger partial charge on any atom is -0.397 e. The first-order chi connectivity index (χ1) is 9.60. The SMILES string of the molecule is C=CCN(CC=C)C(=O)c1sc2cccc(F)c2c1N. The van der Waals surface area contributed by atoms with Crippen molar-refractivity contribution in [3.63, 3.8) is 0 Å². The number of hydrogen-bond donors (Lipinski definition) is 1. The molecule has 2 aromatic rings. The third-order valence-electron chi connectivity index (χ3n) is 2.88. The number of anilines is 1. The second-order valence-corrected chi connectivity index (χ2v) is 5.30. The van der Waals surface area contributed by atoms with Crippen molar-refractivity contribution >= 4 is 33.0 Å². The monoisotopic (exact) mass is 290 g/mol. The Labute approximate surface area is 120 Å². The number of benzene rings is 1. The van der Waals surface area contributed by atoms with Crippen molar-refractivity contribution in [1.29, 1.82) is 0 Å². The normalized spacial score (nSPS) is 10.4. The maximum atomic E-state index is 13.8. The van der Waals surface area contributed by atoms with Gasteiger partial charge in [0.2, 0.25) is 0 Å². The topological polar surface area (TPSA) is 46.3 Å². The van der Waals surface area contributed by atoms with Crippen LogP contribution in [0.4, 0.5) is 10.1 Å². The van der Waals surface area contributed by atoms with Gasteiger partial charge in [0.05, 0.1) is 11.1 Å². The number of hydrogen-bond acceptors (Lipinski definition) is 3. The maximum Gasteiger partial charge on any atom is 0.266 e. The molecule has 0 aliphatic rings. The van der Waals surface area contributed by atoms with Gasteiger partial charge in [0.25, 0.3) is 5.91 Å². The van der Waals surface area contributed by atoms with E-state index in [0.717, 1.165) is 0 Å². The first-order valence-electron chi connectivity index (χ1n) is 6.07. The summed E-state index contributed by atoms with van der Waals surface area (Å²) in [5.41, 5.74) is 6.14. The van der Waals surface area contributed by atoms with Crippen LogP contribution in [0.5, 0.6) is 0 Å². The van der Waals surface area contributed by atoms with Crippen LogP contribution in [-0.4, -0.2) is 23.9 Å². The minimum absolute atomic E-state index is 0.200. The predicted octanol–water partition coefficient (Wildman–Crippen LogP) is 3.44. The summed E-state index contributed by atoms with van der Waals surface area (Å²) in [4.78, 5) is 14.4. The molecule has 104 valence electrons. The Balaban J connectivity index is 2.49. The zero-order chi connectivity index (χ0) is 14.7. The van der Waals surface area contributed by atoms with Gasteiger partial charge < -0.3 is 10.6 Å². The molecule has 1 aromatic heterocycles. The third-order valence-corrected chi connectivity index (χ3v) is 4.04. The lowest BCUT2D eigenvalue weighted by molar-refractivity contribution is 0.0796. The molecule has 20 heavy (non-hydrogen) atoms. The van der Waals surface area contributed by atoms with E-state index in [-0.39, 0.29) is 11.6 Å². The molecule has 0 saturated carbocycles. The van der Waals surface area contributed by atoms with E-state index in [0.29, 0.717) is 28.1 Å². The Morgan fingerprint density at radius 3 is 2.55 bits per heavy atom. The Bertz CT molecular complexity index is 668. The second kappa shape index (κ2) is 5.88. The minimum atomic E-state index is -0.408. The van der Waals surface area contributed by atoms with E-state index in [2.05, 4.69) is 13.2 Å². The van der Waals surface area contributed by atoms with Crippen LogP contribution in [0.3, 0.4) is 0 Å². The smallest absolute Gasteiger partial charge is 0.266 e. The first kappa shape index (κ1) is 14.3. The fraction of sp³-hybridized carbons (Fsp3) is 0.133. The van der Waals surface area contributed by atoms with Crippen molar-refractivity contribution in [2.24, 2.45) is 0 Å². The molecule has 0 fully saturated rings. The van der Waals surface area contributed by atoms with Crippen LogP contribution in [0.25, 0.3) is 10.1 Å². The van der Waals surface area contributed by atoms with Gasteiger partial charge in [-0.2, -0.15) is 0 Å². The van der Waals surface area contributed by atoms with E-state index in [1.807, 2.05) is 0 Å². The number of carbonyl (C=O) groups excluding carboxylic acids is 1. The largest absolute Gasteiger partial charge is 0.397 e. The number of nitrogens with two attached hydrogens (primary N) is 1. The fourth-order valence-electron chi connectivity index (χ4n) is 1.98. The molecule has 0 saturated heterocycles. The molecule has 2 rings (SSSR count). The molecule has 0 spiro atoms. The van der Waals surface area contributed by atoms with Gasteiger partial charge in [-0.15, -0.1) is 24.5 Å². The van der Waals surface area contributed by atoms with Crippen molar-refractivity contribution < 1.29 is 9.18 Å². The second-order valence-electron chi connectivity index (χ2n) is 4.25. The zero-order valence-corrected chi connectivity index (χ0v) is 11.8. The molecule has 3 nitrogen and oxygen atoms in total. The molecule has 2 N–H and O–H groups in total. The zero-order valence-electron chi connectivity index (χ0n) is 10.9. The molecular formula is C15H15FN2OS. The molecule has 5 heteroatoms.